The van der Waals surface area contributed by atoms with Gasteiger partial charge in [-0.15, -0.1) is 10.2 Å². The van der Waals surface area contributed by atoms with E-state index in [1.54, 1.807) is 47.4 Å². The summed E-state index contributed by atoms with van der Waals surface area (Å²) in [7, 11) is 1.37. The zero-order valence-electron chi connectivity index (χ0n) is 25.3. The topological polar surface area (TPSA) is 155 Å². The second-order valence-corrected chi connectivity index (χ2v) is 9.75. The number of nitrogens with zero attached hydrogens (tertiary/aromatic N) is 3. The number of para-hydroxylation sites is 1. The van der Waals surface area contributed by atoms with Crippen LogP contribution < -0.4 is 26.0 Å². The molecule has 1 aliphatic carbocycles. The molecule has 2 fully saturated rings. The second kappa shape index (κ2) is 12.0. The van der Waals surface area contributed by atoms with Gasteiger partial charge in [-0.05, 0) is 62.1 Å². The van der Waals surface area contributed by atoms with Gasteiger partial charge in [0.15, 0.2) is 17.3 Å². The molecule has 0 bridgehead atoms. The molecule has 1 saturated carbocycles. The molecule has 0 atom stereocenters. The molecule has 2 aromatic carbocycles. The van der Waals surface area contributed by atoms with E-state index in [1.165, 1.54) is 13.2 Å². The minimum absolute atomic E-state index is 0.0157. The Labute approximate surface area is 241 Å². The van der Waals surface area contributed by atoms with Gasteiger partial charge in [0.25, 0.3) is 17.7 Å². The van der Waals surface area contributed by atoms with Crippen molar-refractivity contribution in [2.45, 2.75) is 25.7 Å². The van der Waals surface area contributed by atoms with Crippen LogP contribution in [0.5, 0.6) is 5.75 Å². The number of ether oxygens (including phenoxy) is 1. The lowest BCUT2D eigenvalue weighted by atomic mass is 10.1. The van der Waals surface area contributed by atoms with E-state index >= 15 is 0 Å². The van der Waals surface area contributed by atoms with Crippen LogP contribution >= 0.6 is 0 Å². The minimum atomic E-state index is -2.79. The molecule has 212 valence electrons. The van der Waals surface area contributed by atoms with E-state index in [4.69, 9.17) is 8.85 Å². The summed E-state index contributed by atoms with van der Waals surface area (Å²) in [5, 5.41) is 18.0. The number of hydrogen-bond acceptors (Lipinski definition) is 8. The molecule has 5 rings (SSSR count). The molecule has 1 aliphatic heterocycles. The van der Waals surface area contributed by atoms with Gasteiger partial charge in [0.2, 0.25) is 5.91 Å². The molecular weight excluding hydrogens is 526 g/mol. The molecule has 1 saturated heterocycles. The average molecular weight is 561 g/mol. The number of carbonyl (C=O) groups is 4. The number of anilines is 4. The average Bonchev–Trinajstić information content (AvgIpc) is 3.70. The monoisotopic (exact) mass is 560 g/mol. The fourth-order valence-electron chi connectivity index (χ4n) is 4.53. The van der Waals surface area contributed by atoms with Gasteiger partial charge in [-0.3, -0.25) is 19.2 Å². The number of methoxy groups -OCH3 is 1. The Bertz CT molecular complexity index is 1590. The SMILES string of the molecule is [2H]C([2H])([2H])NC(=O)c1nnc(NC(=O)C2CC2)cc1Nc1cccc(C(=O)Nc2ccc(C(=O)N3CCCC3)cc2)c1OC. The van der Waals surface area contributed by atoms with Gasteiger partial charge in [0.05, 0.1) is 24.0 Å². The summed E-state index contributed by atoms with van der Waals surface area (Å²) in [6.07, 6.45) is 3.50. The van der Waals surface area contributed by atoms with Crippen molar-refractivity contribution in [3.05, 3.63) is 65.4 Å². The van der Waals surface area contributed by atoms with Crippen molar-refractivity contribution >= 4 is 46.5 Å². The van der Waals surface area contributed by atoms with E-state index in [9.17, 15) is 19.2 Å². The number of likely N-dealkylation sites (tertiary alicyclic amines) is 1. The molecule has 12 nitrogen and oxygen atoms in total. The molecule has 12 heteroatoms. The zero-order chi connectivity index (χ0) is 31.4. The first-order valence-corrected chi connectivity index (χ1v) is 13.2. The maximum Gasteiger partial charge on any atom is 0.273 e. The summed E-state index contributed by atoms with van der Waals surface area (Å²) >= 11 is 0. The summed E-state index contributed by atoms with van der Waals surface area (Å²) in [4.78, 5) is 52.8. The highest BCUT2D eigenvalue weighted by Gasteiger charge is 2.30. The highest BCUT2D eigenvalue weighted by Crippen LogP contribution is 2.34. The van der Waals surface area contributed by atoms with E-state index in [2.05, 4.69) is 26.1 Å². The molecular formula is C29H31N7O5. The van der Waals surface area contributed by atoms with E-state index in [0.29, 0.717) is 11.3 Å². The van der Waals surface area contributed by atoms with E-state index in [1.807, 2.05) is 5.32 Å². The van der Waals surface area contributed by atoms with Crippen LogP contribution in [-0.2, 0) is 4.79 Å². The first-order chi connectivity index (χ1) is 21.0. The molecule has 4 N–H and O–H groups in total. The quantitative estimate of drug-likeness (QED) is 0.310. The summed E-state index contributed by atoms with van der Waals surface area (Å²) < 4.78 is 27.7. The molecule has 2 aliphatic rings. The number of carbonyl (C=O) groups excluding carboxylic acids is 4. The number of amides is 4. The van der Waals surface area contributed by atoms with Crippen LogP contribution in [0.25, 0.3) is 0 Å². The molecule has 0 radical (unpaired) electrons. The lowest BCUT2D eigenvalue weighted by Gasteiger charge is -2.17. The zero-order valence-corrected chi connectivity index (χ0v) is 22.3. The number of hydrogen-bond donors (Lipinski definition) is 4. The summed E-state index contributed by atoms with van der Waals surface area (Å²) in [6.45, 7) is -1.32. The van der Waals surface area contributed by atoms with Crippen molar-refractivity contribution in [2.24, 2.45) is 5.92 Å². The predicted molar refractivity (Wildman–Crippen MR) is 153 cm³/mol. The van der Waals surface area contributed by atoms with Crippen LogP contribution in [-0.4, -0.2) is 65.9 Å². The highest BCUT2D eigenvalue weighted by atomic mass is 16.5. The van der Waals surface area contributed by atoms with Crippen molar-refractivity contribution in [3.8, 4) is 5.75 Å². The summed E-state index contributed by atoms with van der Waals surface area (Å²) in [5.41, 5.74) is 1.06. The van der Waals surface area contributed by atoms with E-state index in [0.717, 1.165) is 38.8 Å². The first-order valence-electron chi connectivity index (χ1n) is 14.7. The maximum atomic E-state index is 13.3. The smallest absolute Gasteiger partial charge is 0.273 e. The van der Waals surface area contributed by atoms with E-state index < -0.39 is 18.8 Å². The minimum Gasteiger partial charge on any atom is -0.494 e. The number of benzene rings is 2. The molecule has 2 heterocycles. The highest BCUT2D eigenvalue weighted by molar-refractivity contribution is 6.08. The van der Waals surface area contributed by atoms with E-state index in [-0.39, 0.29) is 51.9 Å². The number of aromatic nitrogens is 2. The molecule has 0 unspecified atom stereocenters. The first kappa shape index (κ1) is 23.9. The van der Waals surface area contributed by atoms with Crippen molar-refractivity contribution in [2.75, 3.05) is 43.1 Å². The van der Waals surface area contributed by atoms with Crippen LogP contribution in [0.3, 0.4) is 0 Å². The lowest BCUT2D eigenvalue weighted by molar-refractivity contribution is -0.117. The summed E-state index contributed by atoms with van der Waals surface area (Å²) in [6, 6.07) is 12.7. The van der Waals surface area contributed by atoms with Crippen LogP contribution in [0.1, 0.15) is 61.0 Å². The Balaban J connectivity index is 1.38. The molecule has 41 heavy (non-hydrogen) atoms. The third kappa shape index (κ3) is 6.26. The number of nitrogens with one attached hydrogen (secondary N) is 4. The van der Waals surface area contributed by atoms with Gasteiger partial charge in [0.1, 0.15) is 0 Å². The predicted octanol–water partition coefficient (Wildman–Crippen LogP) is 3.43. The Hall–Kier alpha value is -5.00. The molecule has 3 aromatic rings. The van der Waals surface area contributed by atoms with Crippen molar-refractivity contribution in [3.63, 3.8) is 0 Å². The van der Waals surface area contributed by atoms with Crippen LogP contribution in [0.15, 0.2) is 48.5 Å². The largest absolute Gasteiger partial charge is 0.494 e. The Morgan fingerprint density at radius 1 is 0.951 bits per heavy atom. The summed E-state index contributed by atoms with van der Waals surface area (Å²) in [5.74, 6) is -1.77. The van der Waals surface area contributed by atoms with Gasteiger partial charge in [0, 0.05) is 47.4 Å². The second-order valence-electron chi connectivity index (χ2n) is 9.75. The van der Waals surface area contributed by atoms with Crippen LogP contribution in [0.4, 0.5) is 22.9 Å². The molecule has 1 aromatic heterocycles. The van der Waals surface area contributed by atoms with Gasteiger partial charge >= 0.3 is 0 Å². The van der Waals surface area contributed by atoms with Crippen LogP contribution in [0, 0.1) is 5.92 Å². The Kier molecular flexibility index (Phi) is 7.00. The maximum absolute atomic E-state index is 13.3. The number of rotatable bonds is 9. The Morgan fingerprint density at radius 3 is 2.39 bits per heavy atom. The Morgan fingerprint density at radius 2 is 1.71 bits per heavy atom. The van der Waals surface area contributed by atoms with Gasteiger partial charge in [-0.1, -0.05) is 6.07 Å². The lowest BCUT2D eigenvalue weighted by Crippen LogP contribution is -2.27. The third-order valence-corrected chi connectivity index (χ3v) is 6.84. The van der Waals surface area contributed by atoms with Crippen molar-refractivity contribution < 1.29 is 28.0 Å². The van der Waals surface area contributed by atoms with Crippen molar-refractivity contribution in [1.29, 1.82) is 0 Å². The fraction of sp³-hybridized carbons (Fsp3) is 0.310. The molecule has 4 amide bonds. The standard InChI is InChI=1S/C29H31N7O5/c1-30-28(39)24-22(16-23(34-35-24)33-26(37)17-8-9-17)32-21-7-5-6-20(25(21)41-2)27(38)31-19-12-10-18(11-13-19)29(40)36-14-3-4-15-36/h5-7,10-13,16-17H,3-4,8-9,14-15H2,1-2H3,(H,30,39)(H,31,38)(H2,32,33,34,37)/i1D3. The third-order valence-electron chi connectivity index (χ3n) is 6.84. The normalized spacial score (nSPS) is 15.6. The fourth-order valence-corrected chi connectivity index (χ4v) is 4.53. The van der Waals surface area contributed by atoms with Crippen molar-refractivity contribution in [1.82, 2.24) is 20.4 Å². The van der Waals surface area contributed by atoms with Crippen LogP contribution in [0.2, 0.25) is 0 Å². The molecule has 0 spiro atoms. The van der Waals surface area contributed by atoms with Gasteiger partial charge in [-0.2, -0.15) is 0 Å². The van der Waals surface area contributed by atoms with Gasteiger partial charge < -0.3 is 30.9 Å². The van der Waals surface area contributed by atoms with Gasteiger partial charge in [-0.25, -0.2) is 0 Å².